The Morgan fingerprint density at radius 3 is 3.00 bits per heavy atom. The predicted octanol–water partition coefficient (Wildman–Crippen LogP) is 1.53. The van der Waals surface area contributed by atoms with Crippen LogP contribution in [-0.4, -0.2) is 47.7 Å². The molecular formula is C14H28N2O2. The van der Waals surface area contributed by atoms with E-state index in [0.717, 1.165) is 38.6 Å². The molecule has 1 heterocycles. The number of nitrogens with zero attached hydrogens (tertiary/aromatic N) is 1. The molecule has 1 aliphatic rings. The number of carbonyl (C=O) groups excluding carboxylic acids is 1. The molecule has 1 aliphatic heterocycles. The number of amides is 1. The number of hydrogen-bond donors (Lipinski definition) is 2. The molecule has 2 unspecified atom stereocenters. The van der Waals surface area contributed by atoms with E-state index in [9.17, 15) is 4.79 Å². The van der Waals surface area contributed by atoms with Gasteiger partial charge >= 0.3 is 0 Å². The molecule has 0 aromatic heterocycles. The Kier molecular flexibility index (Phi) is 7.28. The average Bonchev–Trinajstić information content (AvgIpc) is 2.73. The van der Waals surface area contributed by atoms with Crippen LogP contribution in [0.1, 0.15) is 52.4 Å². The SMILES string of the molecule is CCCC(C)NC(=O)CN1CCCC1CCCO. The third-order valence-electron chi connectivity index (χ3n) is 3.67. The zero-order valence-electron chi connectivity index (χ0n) is 11.8. The zero-order valence-corrected chi connectivity index (χ0v) is 11.8. The number of nitrogens with one attached hydrogen (secondary N) is 1. The molecule has 1 rings (SSSR count). The summed E-state index contributed by atoms with van der Waals surface area (Å²) in [6.07, 6.45) is 6.33. The van der Waals surface area contributed by atoms with Gasteiger partial charge in [0.25, 0.3) is 0 Å². The van der Waals surface area contributed by atoms with Crippen LogP contribution in [0.5, 0.6) is 0 Å². The van der Waals surface area contributed by atoms with Gasteiger partial charge in [-0.3, -0.25) is 9.69 Å². The van der Waals surface area contributed by atoms with Crippen molar-refractivity contribution in [3.8, 4) is 0 Å². The standard InChI is InChI=1S/C14H28N2O2/c1-3-6-12(2)15-14(18)11-16-9-4-7-13(16)8-5-10-17/h12-13,17H,3-11H2,1-2H3,(H,15,18). The minimum Gasteiger partial charge on any atom is -0.396 e. The molecule has 2 atom stereocenters. The van der Waals surface area contributed by atoms with Gasteiger partial charge in [-0.25, -0.2) is 0 Å². The summed E-state index contributed by atoms with van der Waals surface area (Å²) in [6, 6.07) is 0.769. The van der Waals surface area contributed by atoms with Gasteiger partial charge in [-0.15, -0.1) is 0 Å². The van der Waals surface area contributed by atoms with Crippen LogP contribution in [-0.2, 0) is 4.79 Å². The molecule has 2 N–H and O–H groups in total. The first kappa shape index (κ1) is 15.4. The van der Waals surface area contributed by atoms with Crippen LogP contribution in [0.25, 0.3) is 0 Å². The second kappa shape index (κ2) is 8.48. The van der Waals surface area contributed by atoms with E-state index in [1.807, 2.05) is 0 Å². The van der Waals surface area contributed by atoms with Crippen molar-refractivity contribution < 1.29 is 9.90 Å². The Morgan fingerprint density at radius 2 is 2.33 bits per heavy atom. The maximum Gasteiger partial charge on any atom is 0.234 e. The maximum absolute atomic E-state index is 11.9. The van der Waals surface area contributed by atoms with Crippen LogP contribution >= 0.6 is 0 Å². The monoisotopic (exact) mass is 256 g/mol. The molecule has 4 nitrogen and oxygen atoms in total. The van der Waals surface area contributed by atoms with Crippen LogP contribution in [0.4, 0.5) is 0 Å². The molecule has 0 saturated carbocycles. The third-order valence-corrected chi connectivity index (χ3v) is 3.67. The first-order valence-corrected chi connectivity index (χ1v) is 7.31. The lowest BCUT2D eigenvalue weighted by atomic mass is 10.1. The van der Waals surface area contributed by atoms with Gasteiger partial charge in [-0.2, -0.15) is 0 Å². The zero-order chi connectivity index (χ0) is 13.4. The van der Waals surface area contributed by atoms with Gasteiger partial charge in [-0.1, -0.05) is 13.3 Å². The van der Waals surface area contributed by atoms with E-state index >= 15 is 0 Å². The molecule has 1 fully saturated rings. The van der Waals surface area contributed by atoms with Crippen molar-refractivity contribution in [1.82, 2.24) is 10.2 Å². The van der Waals surface area contributed by atoms with Crippen LogP contribution in [0.3, 0.4) is 0 Å². The fraction of sp³-hybridized carbons (Fsp3) is 0.929. The Morgan fingerprint density at radius 1 is 1.56 bits per heavy atom. The number of hydrogen-bond acceptors (Lipinski definition) is 3. The molecule has 1 amide bonds. The fourth-order valence-electron chi connectivity index (χ4n) is 2.77. The number of rotatable bonds is 8. The largest absolute Gasteiger partial charge is 0.396 e. The van der Waals surface area contributed by atoms with E-state index in [1.165, 1.54) is 6.42 Å². The highest BCUT2D eigenvalue weighted by molar-refractivity contribution is 5.78. The van der Waals surface area contributed by atoms with Gasteiger partial charge in [0.15, 0.2) is 0 Å². The number of carbonyl (C=O) groups is 1. The summed E-state index contributed by atoms with van der Waals surface area (Å²) in [5.74, 6) is 0.145. The fourth-order valence-corrected chi connectivity index (χ4v) is 2.77. The minimum atomic E-state index is 0.145. The van der Waals surface area contributed by atoms with Gasteiger partial charge in [0, 0.05) is 18.7 Å². The number of likely N-dealkylation sites (tertiary alicyclic amines) is 1. The van der Waals surface area contributed by atoms with Crippen LogP contribution in [0, 0.1) is 0 Å². The molecule has 1 saturated heterocycles. The van der Waals surface area contributed by atoms with Gasteiger partial charge in [-0.05, 0) is 45.6 Å². The first-order valence-electron chi connectivity index (χ1n) is 7.31. The van der Waals surface area contributed by atoms with E-state index in [-0.39, 0.29) is 18.6 Å². The van der Waals surface area contributed by atoms with Crippen molar-refractivity contribution in [3.63, 3.8) is 0 Å². The molecule has 4 heteroatoms. The summed E-state index contributed by atoms with van der Waals surface area (Å²) in [5, 5.41) is 11.9. The summed E-state index contributed by atoms with van der Waals surface area (Å²) >= 11 is 0. The maximum atomic E-state index is 11.9. The van der Waals surface area contributed by atoms with E-state index in [0.29, 0.717) is 12.6 Å². The second-order valence-corrected chi connectivity index (χ2v) is 5.39. The van der Waals surface area contributed by atoms with Crippen molar-refractivity contribution in [2.24, 2.45) is 0 Å². The summed E-state index contributed by atoms with van der Waals surface area (Å²) in [4.78, 5) is 14.2. The normalized spacial score (nSPS) is 22.1. The van der Waals surface area contributed by atoms with E-state index in [1.54, 1.807) is 0 Å². The highest BCUT2D eigenvalue weighted by atomic mass is 16.3. The molecule has 0 aromatic rings. The lowest BCUT2D eigenvalue weighted by Crippen LogP contribution is -2.42. The van der Waals surface area contributed by atoms with Crippen LogP contribution in [0.15, 0.2) is 0 Å². The van der Waals surface area contributed by atoms with Crippen molar-refractivity contribution in [2.45, 2.75) is 64.5 Å². The summed E-state index contributed by atoms with van der Waals surface area (Å²) < 4.78 is 0. The summed E-state index contributed by atoms with van der Waals surface area (Å²) in [6.45, 7) is 5.99. The second-order valence-electron chi connectivity index (χ2n) is 5.39. The quantitative estimate of drug-likeness (QED) is 0.692. The summed E-state index contributed by atoms with van der Waals surface area (Å²) in [5.41, 5.74) is 0. The van der Waals surface area contributed by atoms with Crippen molar-refractivity contribution >= 4 is 5.91 Å². The van der Waals surface area contributed by atoms with Crippen LogP contribution < -0.4 is 5.32 Å². The lowest BCUT2D eigenvalue weighted by Gasteiger charge is -2.24. The third kappa shape index (κ3) is 5.36. The lowest BCUT2D eigenvalue weighted by molar-refractivity contribution is -0.123. The van der Waals surface area contributed by atoms with Gasteiger partial charge in [0.05, 0.1) is 6.54 Å². The van der Waals surface area contributed by atoms with Crippen molar-refractivity contribution in [2.75, 3.05) is 19.7 Å². The van der Waals surface area contributed by atoms with E-state index < -0.39 is 0 Å². The molecule has 106 valence electrons. The molecule has 18 heavy (non-hydrogen) atoms. The average molecular weight is 256 g/mol. The first-order chi connectivity index (χ1) is 8.67. The Bertz CT molecular complexity index is 246. The number of aliphatic hydroxyl groups excluding tert-OH is 1. The number of aliphatic hydroxyl groups is 1. The minimum absolute atomic E-state index is 0.145. The molecular weight excluding hydrogens is 228 g/mol. The highest BCUT2D eigenvalue weighted by Gasteiger charge is 2.25. The van der Waals surface area contributed by atoms with E-state index in [4.69, 9.17) is 5.11 Å². The Hall–Kier alpha value is -0.610. The molecule has 0 aliphatic carbocycles. The predicted molar refractivity (Wildman–Crippen MR) is 73.4 cm³/mol. The smallest absolute Gasteiger partial charge is 0.234 e. The van der Waals surface area contributed by atoms with E-state index in [2.05, 4.69) is 24.1 Å². The topological polar surface area (TPSA) is 52.6 Å². The molecule has 0 radical (unpaired) electrons. The van der Waals surface area contributed by atoms with Gasteiger partial charge in [0.1, 0.15) is 0 Å². The van der Waals surface area contributed by atoms with Crippen molar-refractivity contribution in [1.29, 1.82) is 0 Å². The van der Waals surface area contributed by atoms with Crippen LogP contribution in [0.2, 0.25) is 0 Å². The Labute approximate surface area is 111 Å². The summed E-state index contributed by atoms with van der Waals surface area (Å²) in [7, 11) is 0. The highest BCUT2D eigenvalue weighted by Crippen LogP contribution is 2.20. The van der Waals surface area contributed by atoms with Crippen molar-refractivity contribution in [3.05, 3.63) is 0 Å². The van der Waals surface area contributed by atoms with Gasteiger partial charge in [0.2, 0.25) is 5.91 Å². The Balaban J connectivity index is 2.29. The molecule has 0 bridgehead atoms. The molecule has 0 spiro atoms. The molecule has 0 aromatic carbocycles. The van der Waals surface area contributed by atoms with Gasteiger partial charge < -0.3 is 10.4 Å².